The fourth-order valence-electron chi connectivity index (χ4n) is 1.88. The maximum atomic E-state index is 11.3. The first kappa shape index (κ1) is 12.8. The molecule has 0 aliphatic rings. The van der Waals surface area contributed by atoms with Crippen molar-refractivity contribution in [2.75, 3.05) is 0 Å². The molecule has 1 aromatic carbocycles. The predicted molar refractivity (Wildman–Crippen MR) is 69.5 cm³/mol. The van der Waals surface area contributed by atoms with E-state index in [-0.39, 0.29) is 0 Å². The first-order chi connectivity index (χ1) is 9.20. The molecule has 2 aromatic rings. The third kappa shape index (κ3) is 3.17. The van der Waals surface area contributed by atoms with Crippen LogP contribution in [0.15, 0.2) is 48.8 Å². The Morgan fingerprint density at radius 1 is 1.32 bits per heavy atom. The number of hydrogen-bond acceptors (Lipinski definition) is 3. The van der Waals surface area contributed by atoms with Crippen LogP contribution in [0.4, 0.5) is 0 Å². The monoisotopic (exact) mass is 252 g/mol. The molecule has 94 valence electrons. The van der Waals surface area contributed by atoms with Gasteiger partial charge in [0.25, 0.3) is 0 Å². The largest absolute Gasteiger partial charge is 0.481 e. The molecular formula is C15H12N2O2. The van der Waals surface area contributed by atoms with Crippen molar-refractivity contribution in [2.24, 2.45) is 0 Å². The Balaban J connectivity index is 2.22. The van der Waals surface area contributed by atoms with Gasteiger partial charge in [-0.15, -0.1) is 0 Å². The van der Waals surface area contributed by atoms with Gasteiger partial charge in [-0.2, -0.15) is 5.26 Å². The van der Waals surface area contributed by atoms with E-state index >= 15 is 0 Å². The number of nitriles is 1. The van der Waals surface area contributed by atoms with Gasteiger partial charge in [0.15, 0.2) is 0 Å². The molecule has 1 atom stereocenters. The zero-order valence-electron chi connectivity index (χ0n) is 10.2. The molecule has 0 spiro atoms. The summed E-state index contributed by atoms with van der Waals surface area (Å²) in [7, 11) is 0. The topological polar surface area (TPSA) is 74.0 Å². The standard InChI is InChI=1S/C15H12N2O2/c16-9-12-5-3-11(4-6-12)8-14(15(18)19)13-2-1-7-17-10-13/h1-7,10,14H,8H2,(H,18,19)/t14-/m0/s1. The van der Waals surface area contributed by atoms with E-state index in [2.05, 4.69) is 4.98 Å². The smallest absolute Gasteiger partial charge is 0.311 e. The number of aromatic nitrogens is 1. The highest BCUT2D eigenvalue weighted by atomic mass is 16.4. The number of pyridine rings is 1. The second-order valence-electron chi connectivity index (χ2n) is 4.19. The van der Waals surface area contributed by atoms with E-state index in [0.29, 0.717) is 17.5 Å². The van der Waals surface area contributed by atoms with E-state index in [1.165, 1.54) is 0 Å². The van der Waals surface area contributed by atoms with E-state index in [1.807, 2.05) is 6.07 Å². The van der Waals surface area contributed by atoms with Crippen molar-refractivity contribution in [3.63, 3.8) is 0 Å². The summed E-state index contributed by atoms with van der Waals surface area (Å²) < 4.78 is 0. The maximum absolute atomic E-state index is 11.3. The van der Waals surface area contributed by atoms with Gasteiger partial charge in [0.1, 0.15) is 0 Å². The molecule has 0 aliphatic carbocycles. The first-order valence-electron chi connectivity index (χ1n) is 5.82. The summed E-state index contributed by atoms with van der Waals surface area (Å²) >= 11 is 0. The van der Waals surface area contributed by atoms with E-state index < -0.39 is 11.9 Å². The third-order valence-corrected chi connectivity index (χ3v) is 2.91. The molecular weight excluding hydrogens is 240 g/mol. The van der Waals surface area contributed by atoms with Gasteiger partial charge in [-0.1, -0.05) is 18.2 Å². The molecule has 19 heavy (non-hydrogen) atoms. The number of benzene rings is 1. The van der Waals surface area contributed by atoms with Gasteiger partial charge in [-0.25, -0.2) is 0 Å². The van der Waals surface area contributed by atoms with Crippen LogP contribution in [0.25, 0.3) is 0 Å². The summed E-state index contributed by atoms with van der Waals surface area (Å²) in [5.41, 5.74) is 2.13. The zero-order chi connectivity index (χ0) is 13.7. The Labute approximate surface area is 111 Å². The highest BCUT2D eigenvalue weighted by molar-refractivity contribution is 5.76. The molecule has 1 N–H and O–H groups in total. The molecule has 0 radical (unpaired) electrons. The van der Waals surface area contributed by atoms with Crippen molar-refractivity contribution in [1.82, 2.24) is 4.98 Å². The van der Waals surface area contributed by atoms with Gasteiger partial charge in [0.2, 0.25) is 0 Å². The summed E-state index contributed by atoms with van der Waals surface area (Å²) in [5, 5.41) is 18.0. The predicted octanol–water partition coefficient (Wildman–Crippen LogP) is 2.36. The molecule has 0 aliphatic heterocycles. The molecule has 2 rings (SSSR count). The Bertz CT molecular complexity index is 600. The number of carboxylic acid groups (broad SMARTS) is 1. The average Bonchev–Trinajstić information content (AvgIpc) is 2.46. The normalized spacial score (nSPS) is 11.5. The lowest BCUT2D eigenvalue weighted by atomic mass is 9.93. The van der Waals surface area contributed by atoms with Gasteiger partial charge >= 0.3 is 5.97 Å². The lowest BCUT2D eigenvalue weighted by molar-refractivity contribution is -0.138. The Hall–Kier alpha value is -2.67. The van der Waals surface area contributed by atoms with Crippen molar-refractivity contribution in [1.29, 1.82) is 5.26 Å². The highest BCUT2D eigenvalue weighted by Crippen LogP contribution is 2.20. The highest BCUT2D eigenvalue weighted by Gasteiger charge is 2.20. The van der Waals surface area contributed by atoms with E-state index in [9.17, 15) is 9.90 Å². The molecule has 0 amide bonds. The second-order valence-corrected chi connectivity index (χ2v) is 4.19. The van der Waals surface area contributed by atoms with Gasteiger partial charge in [-0.3, -0.25) is 9.78 Å². The number of rotatable bonds is 4. The van der Waals surface area contributed by atoms with Crippen molar-refractivity contribution >= 4 is 5.97 Å². The van der Waals surface area contributed by atoms with E-state index in [1.54, 1.807) is 48.8 Å². The van der Waals surface area contributed by atoms with Crippen molar-refractivity contribution < 1.29 is 9.90 Å². The average molecular weight is 252 g/mol. The summed E-state index contributed by atoms with van der Waals surface area (Å²) in [6.07, 6.45) is 3.57. The van der Waals surface area contributed by atoms with Crippen LogP contribution in [0.1, 0.15) is 22.6 Å². The first-order valence-corrected chi connectivity index (χ1v) is 5.82. The molecule has 0 fully saturated rings. The number of carbonyl (C=O) groups is 1. The Morgan fingerprint density at radius 2 is 2.05 bits per heavy atom. The molecule has 1 heterocycles. The minimum Gasteiger partial charge on any atom is -0.481 e. The van der Waals surface area contributed by atoms with Gasteiger partial charge in [0.05, 0.1) is 17.6 Å². The van der Waals surface area contributed by atoms with Crippen LogP contribution >= 0.6 is 0 Å². The van der Waals surface area contributed by atoms with Crippen LogP contribution in [0.3, 0.4) is 0 Å². The number of hydrogen-bond donors (Lipinski definition) is 1. The number of nitrogens with zero attached hydrogens (tertiary/aromatic N) is 2. The van der Waals surface area contributed by atoms with Crippen molar-refractivity contribution in [3.05, 3.63) is 65.5 Å². The molecule has 0 bridgehead atoms. The summed E-state index contributed by atoms with van der Waals surface area (Å²) in [4.78, 5) is 15.3. The van der Waals surface area contributed by atoms with Crippen LogP contribution in [0.5, 0.6) is 0 Å². The fraction of sp³-hybridized carbons (Fsp3) is 0.133. The molecule has 0 saturated carbocycles. The van der Waals surface area contributed by atoms with Crippen LogP contribution in [0, 0.1) is 11.3 Å². The van der Waals surface area contributed by atoms with E-state index in [0.717, 1.165) is 5.56 Å². The fourth-order valence-corrected chi connectivity index (χ4v) is 1.88. The quantitative estimate of drug-likeness (QED) is 0.906. The lowest BCUT2D eigenvalue weighted by Gasteiger charge is -2.12. The SMILES string of the molecule is N#Cc1ccc(C[C@H](C(=O)O)c2cccnc2)cc1. The van der Waals surface area contributed by atoms with Gasteiger partial charge < -0.3 is 5.11 Å². The van der Waals surface area contributed by atoms with Crippen molar-refractivity contribution in [3.8, 4) is 6.07 Å². The minimum atomic E-state index is -0.877. The molecule has 4 heteroatoms. The maximum Gasteiger partial charge on any atom is 0.311 e. The molecule has 0 saturated heterocycles. The Kier molecular flexibility index (Phi) is 3.89. The van der Waals surface area contributed by atoms with Crippen molar-refractivity contribution in [2.45, 2.75) is 12.3 Å². The number of aliphatic carboxylic acids is 1. The van der Waals surface area contributed by atoms with Gasteiger partial charge in [0, 0.05) is 12.4 Å². The van der Waals surface area contributed by atoms with Crippen LogP contribution in [-0.2, 0) is 11.2 Å². The Morgan fingerprint density at radius 3 is 2.58 bits per heavy atom. The zero-order valence-corrected chi connectivity index (χ0v) is 10.2. The summed E-state index contributed by atoms with van der Waals surface area (Å²) in [6.45, 7) is 0. The third-order valence-electron chi connectivity index (χ3n) is 2.91. The molecule has 4 nitrogen and oxygen atoms in total. The minimum absolute atomic E-state index is 0.382. The van der Waals surface area contributed by atoms with Crippen LogP contribution < -0.4 is 0 Å². The molecule has 1 aromatic heterocycles. The number of carboxylic acids is 1. The summed E-state index contributed by atoms with van der Waals surface area (Å²) in [5.74, 6) is -1.50. The molecule has 0 unspecified atom stereocenters. The summed E-state index contributed by atoms with van der Waals surface area (Å²) in [6, 6.07) is 12.5. The van der Waals surface area contributed by atoms with Crippen LogP contribution in [-0.4, -0.2) is 16.1 Å². The van der Waals surface area contributed by atoms with E-state index in [4.69, 9.17) is 5.26 Å². The van der Waals surface area contributed by atoms with Crippen LogP contribution in [0.2, 0.25) is 0 Å². The lowest BCUT2D eigenvalue weighted by Crippen LogP contribution is -2.14. The second kappa shape index (κ2) is 5.78. The van der Waals surface area contributed by atoms with Gasteiger partial charge in [-0.05, 0) is 35.7 Å².